The smallest absolute Gasteiger partial charge is 0.370 e. The van der Waals surface area contributed by atoms with Gasteiger partial charge in [-0.25, -0.2) is 34.9 Å². The molecule has 1 saturated carbocycles. The number of nitrogens with zero attached hydrogens (tertiary/aromatic N) is 8. The van der Waals surface area contributed by atoms with Crippen LogP contribution in [0.4, 0.5) is 49.7 Å². The number of aromatic nitrogens is 5. The Balaban J connectivity index is 1.26. The molecule has 0 bridgehead atoms. The van der Waals surface area contributed by atoms with Crippen LogP contribution in [-0.4, -0.2) is 132 Å². The summed E-state index contributed by atoms with van der Waals surface area (Å²) >= 11 is 6.69. The summed E-state index contributed by atoms with van der Waals surface area (Å²) < 4.78 is 198. The average Bonchev–Trinajstić information content (AvgIpc) is 3.77. The molecule has 420 valence electrons. The SMILES string of the molecule is CC(C)(C#Cc1ccc(-c2ccc(Cl)c3c(N(CC(=O)NCCN4CCN(C(=N)N)CC4)[SH](=O)=O)nn(CC(F)(F)F)c23)c(C(Cc2cc(F)cc(F)c2)NC(=O)Cn2nc(C(F)(F)F)c3c2C(F)(F)[C@@H]2C[C@H]32)n1)S(C)(=O)=O. The summed E-state index contributed by atoms with van der Waals surface area (Å²) in [5.41, 5.74) is -0.109. The number of carbonyl (C=O) groups excluding carboxylic acids is 2. The first-order valence-electron chi connectivity index (χ1n) is 23.5. The van der Waals surface area contributed by atoms with Gasteiger partial charge in [-0.15, -0.1) is 0 Å². The van der Waals surface area contributed by atoms with E-state index in [2.05, 4.69) is 37.7 Å². The van der Waals surface area contributed by atoms with Crippen molar-refractivity contribution in [3.8, 4) is 23.0 Å². The maximum Gasteiger partial charge on any atom is 0.435 e. The van der Waals surface area contributed by atoms with Gasteiger partial charge in [0, 0.05) is 74.2 Å². The Morgan fingerprint density at radius 2 is 1.63 bits per heavy atom. The molecule has 2 fully saturated rings. The van der Waals surface area contributed by atoms with Crippen LogP contribution in [0.2, 0.25) is 5.02 Å². The fraction of sp³-hybridized carbons (Fsp3) is 0.447. The summed E-state index contributed by atoms with van der Waals surface area (Å²) in [5.74, 6) is -6.77. The molecule has 2 aliphatic carbocycles. The zero-order valence-electron chi connectivity index (χ0n) is 41.2. The van der Waals surface area contributed by atoms with Crippen LogP contribution in [-0.2, 0) is 61.9 Å². The zero-order chi connectivity index (χ0) is 57.2. The number of pyridine rings is 1. The van der Waals surface area contributed by atoms with Crippen LogP contribution in [0.25, 0.3) is 22.0 Å². The zero-order valence-corrected chi connectivity index (χ0v) is 43.6. The summed E-state index contributed by atoms with van der Waals surface area (Å²) in [6.07, 6.45) is -10.4. The predicted octanol–water partition coefficient (Wildman–Crippen LogP) is 5.25. The van der Waals surface area contributed by atoms with Crippen LogP contribution in [0.3, 0.4) is 0 Å². The fourth-order valence-electron chi connectivity index (χ4n) is 9.41. The monoisotopic (exact) mass is 1160 g/mol. The molecule has 5 aromatic rings. The summed E-state index contributed by atoms with van der Waals surface area (Å²) in [6.45, 7) is 0.335. The number of sulfone groups is 1. The molecule has 3 atom stereocenters. The van der Waals surface area contributed by atoms with Crippen molar-refractivity contribution in [2.45, 2.75) is 74.8 Å². The third kappa shape index (κ3) is 12.1. The molecule has 2 amide bonds. The fourth-order valence-corrected chi connectivity index (χ4v) is 10.4. The van der Waals surface area contributed by atoms with E-state index >= 15 is 8.78 Å². The summed E-state index contributed by atoms with van der Waals surface area (Å²) in [7, 11) is -7.80. The molecule has 0 spiro atoms. The largest absolute Gasteiger partial charge is 0.435 e. The Hall–Kier alpha value is -6.71. The van der Waals surface area contributed by atoms with Crippen molar-refractivity contribution in [3.63, 3.8) is 0 Å². The Morgan fingerprint density at radius 3 is 2.23 bits per heavy atom. The van der Waals surface area contributed by atoms with Gasteiger partial charge >= 0.3 is 12.4 Å². The molecule has 31 heteroatoms. The summed E-state index contributed by atoms with van der Waals surface area (Å²) in [5, 5.41) is 19.2. The standard InChI is InChI=1S/C47H47ClF10N12O6S2/c1-44(2,78(3,75)76)9-8-27-4-5-28(38(62-27)33(18-24-16-25(49)19-26(50)17-24)63-35(72)21-68-41-36(40(64-68)47(56,57)58)30-20-31(30)46(41,54)55)29-6-7-32(48)37-39(29)69(23-45(51,52)53)65-42(37)70(77(73)74)22-34(71)61-10-11-66-12-14-67(15-13-66)43(59)60/h4-7,16-17,19,30-31,33,77H,10-15,18,20-23H2,1-3H3,(H3,59,60)(H,61,71)(H,63,72)/t30-,31+,33?/m0/s1. The minimum absolute atomic E-state index is 0.00935. The quantitative estimate of drug-likeness (QED) is 0.0280. The number of fused-ring (bicyclic) bond motifs is 4. The van der Waals surface area contributed by atoms with E-state index in [0.717, 1.165) is 30.5 Å². The van der Waals surface area contributed by atoms with Gasteiger partial charge in [0.05, 0.1) is 27.7 Å². The minimum Gasteiger partial charge on any atom is -0.370 e. The number of halogens is 11. The first-order chi connectivity index (χ1) is 36.2. The molecule has 4 heterocycles. The number of thiol groups is 1. The van der Waals surface area contributed by atoms with Crippen molar-refractivity contribution in [2.75, 3.05) is 56.4 Å². The van der Waals surface area contributed by atoms with E-state index in [9.17, 15) is 61.5 Å². The number of amides is 2. The molecular weight excluding hydrogens is 1120 g/mol. The van der Waals surface area contributed by atoms with Crippen molar-refractivity contribution in [2.24, 2.45) is 11.7 Å². The lowest BCUT2D eigenvalue weighted by Crippen LogP contribution is -2.52. The molecule has 1 saturated heterocycles. The lowest BCUT2D eigenvalue weighted by atomic mass is 9.93. The summed E-state index contributed by atoms with van der Waals surface area (Å²) in [6, 6.07) is 4.97. The van der Waals surface area contributed by atoms with E-state index in [1.54, 1.807) is 4.90 Å². The van der Waals surface area contributed by atoms with Gasteiger partial charge in [0.15, 0.2) is 27.3 Å². The van der Waals surface area contributed by atoms with E-state index in [4.69, 9.17) is 22.7 Å². The Labute approximate surface area is 444 Å². The van der Waals surface area contributed by atoms with Crippen molar-refractivity contribution in [1.29, 1.82) is 5.41 Å². The number of nitrogens with one attached hydrogen (secondary N) is 3. The molecule has 78 heavy (non-hydrogen) atoms. The van der Waals surface area contributed by atoms with Gasteiger partial charge in [0.1, 0.15) is 47.4 Å². The van der Waals surface area contributed by atoms with Crippen LogP contribution < -0.4 is 20.7 Å². The Bertz CT molecular complexity index is 3470. The number of hydrogen-bond donors (Lipinski definition) is 5. The van der Waals surface area contributed by atoms with Crippen molar-refractivity contribution >= 4 is 66.8 Å². The second-order valence-electron chi connectivity index (χ2n) is 19.4. The normalized spacial score (nSPS) is 17.8. The van der Waals surface area contributed by atoms with E-state index in [0.29, 0.717) is 41.2 Å². The third-order valence-corrected chi connectivity index (χ3v) is 16.5. The number of rotatable bonds is 16. The molecule has 2 aromatic carbocycles. The van der Waals surface area contributed by atoms with Gasteiger partial charge in [0.25, 0.3) is 5.92 Å². The number of guanidine groups is 1. The number of piperazine rings is 1. The molecule has 3 aliphatic rings. The van der Waals surface area contributed by atoms with Gasteiger partial charge < -0.3 is 21.3 Å². The predicted molar refractivity (Wildman–Crippen MR) is 263 cm³/mol. The molecule has 0 radical (unpaired) electrons. The molecule has 3 aromatic heterocycles. The second-order valence-corrected chi connectivity index (χ2v) is 23.3. The van der Waals surface area contributed by atoms with E-state index in [-0.39, 0.29) is 52.5 Å². The lowest BCUT2D eigenvalue weighted by molar-refractivity contribution is -0.143. The topological polar surface area (TPSA) is 235 Å². The minimum atomic E-state index is -5.22. The van der Waals surface area contributed by atoms with E-state index in [1.165, 1.54) is 26.0 Å². The van der Waals surface area contributed by atoms with Crippen molar-refractivity contribution < 1.29 is 70.3 Å². The Kier molecular flexibility index (Phi) is 15.6. The number of hydrogen-bond acceptors (Lipinski definition) is 11. The molecule has 1 aliphatic heterocycles. The average molecular weight is 1170 g/mol. The Morgan fingerprint density at radius 1 is 0.974 bits per heavy atom. The highest BCUT2D eigenvalue weighted by atomic mass is 35.5. The van der Waals surface area contributed by atoms with Gasteiger partial charge in [-0.05, 0) is 74.4 Å². The number of nitrogens with two attached hydrogens (primary N) is 1. The number of alkyl halides is 8. The number of anilines is 1. The molecule has 18 nitrogen and oxygen atoms in total. The maximum atomic E-state index is 15.6. The van der Waals surface area contributed by atoms with Crippen LogP contribution in [0, 0.1) is 34.8 Å². The van der Waals surface area contributed by atoms with Gasteiger partial charge in [0.2, 0.25) is 22.7 Å². The van der Waals surface area contributed by atoms with Crippen molar-refractivity contribution in [3.05, 3.63) is 93.0 Å². The summed E-state index contributed by atoms with van der Waals surface area (Å²) in [4.78, 5) is 35.7. The first-order valence-corrected chi connectivity index (χ1v) is 26.9. The van der Waals surface area contributed by atoms with E-state index in [1.807, 2.05) is 4.90 Å². The van der Waals surface area contributed by atoms with Crippen LogP contribution >= 0.6 is 11.6 Å². The first kappa shape index (κ1) is 57.5. The second kappa shape index (κ2) is 21.2. The van der Waals surface area contributed by atoms with Crippen molar-refractivity contribution in [1.82, 2.24) is 45.0 Å². The highest BCUT2D eigenvalue weighted by Gasteiger charge is 2.68. The molecule has 1 unspecified atom stereocenters. The van der Waals surface area contributed by atoms with E-state index < -0.39 is 156 Å². The third-order valence-electron chi connectivity index (χ3n) is 13.5. The highest BCUT2D eigenvalue weighted by molar-refractivity contribution is 7.92. The number of benzene rings is 2. The van der Waals surface area contributed by atoms with Gasteiger partial charge in [-0.3, -0.25) is 29.3 Å². The maximum absolute atomic E-state index is 15.6. The van der Waals surface area contributed by atoms with Crippen LogP contribution in [0.5, 0.6) is 0 Å². The van der Waals surface area contributed by atoms with Crippen LogP contribution in [0.1, 0.15) is 66.1 Å². The number of carbonyl (C=O) groups is 2. The lowest BCUT2D eigenvalue weighted by Gasteiger charge is -2.34. The van der Waals surface area contributed by atoms with Crippen LogP contribution in [0.15, 0.2) is 42.5 Å². The highest BCUT2D eigenvalue weighted by Crippen LogP contribution is 2.68. The molecule has 5 N–H and O–H groups in total. The molecular formula is C47H47ClF10N12O6S2. The van der Waals surface area contributed by atoms with Gasteiger partial charge in [-0.2, -0.15) is 45.3 Å². The van der Waals surface area contributed by atoms with Gasteiger partial charge in [-0.1, -0.05) is 23.6 Å². The molecule has 8 rings (SSSR count).